The number of carbonyl (C=O) groups excluding carboxylic acids is 1. The lowest BCUT2D eigenvalue weighted by Crippen LogP contribution is -2.53. The monoisotopic (exact) mass is 281 g/mol. The Morgan fingerprint density at radius 2 is 2.21 bits per heavy atom. The van der Waals surface area contributed by atoms with Crippen molar-refractivity contribution in [3.63, 3.8) is 0 Å². The number of thiophene rings is 1. The van der Waals surface area contributed by atoms with Crippen LogP contribution in [0.25, 0.3) is 0 Å². The van der Waals surface area contributed by atoms with Crippen LogP contribution in [-0.2, 0) is 4.79 Å². The summed E-state index contributed by atoms with van der Waals surface area (Å²) in [5.41, 5.74) is 0.576. The zero-order valence-corrected chi connectivity index (χ0v) is 12.1. The van der Waals surface area contributed by atoms with E-state index in [9.17, 15) is 14.7 Å². The first-order chi connectivity index (χ1) is 9.03. The highest BCUT2D eigenvalue weighted by Crippen LogP contribution is 2.35. The van der Waals surface area contributed by atoms with Crippen LogP contribution in [0.2, 0.25) is 0 Å². The molecule has 104 valence electrons. The lowest BCUT2D eigenvalue weighted by Gasteiger charge is -2.34. The van der Waals surface area contributed by atoms with Gasteiger partial charge >= 0.3 is 5.97 Å². The number of nitrogens with zero attached hydrogens (tertiary/aromatic N) is 1. The fourth-order valence-electron chi connectivity index (χ4n) is 2.90. The fourth-order valence-corrected chi connectivity index (χ4v) is 3.72. The summed E-state index contributed by atoms with van der Waals surface area (Å²) in [6, 6.07) is 0. The first kappa shape index (κ1) is 14.1. The minimum atomic E-state index is -1.000. The van der Waals surface area contributed by atoms with E-state index in [-0.39, 0.29) is 5.91 Å². The van der Waals surface area contributed by atoms with Crippen molar-refractivity contribution in [2.75, 3.05) is 6.54 Å². The third kappa shape index (κ3) is 2.27. The molecule has 1 aromatic rings. The zero-order chi connectivity index (χ0) is 14.0. The van der Waals surface area contributed by atoms with Crippen LogP contribution in [0.1, 0.15) is 48.5 Å². The molecule has 0 aromatic carbocycles. The maximum atomic E-state index is 12.6. The molecule has 1 atom stereocenters. The van der Waals surface area contributed by atoms with Crippen LogP contribution in [0.3, 0.4) is 0 Å². The highest BCUT2D eigenvalue weighted by Gasteiger charge is 2.49. The molecule has 2 heterocycles. The van der Waals surface area contributed by atoms with Crippen molar-refractivity contribution in [2.45, 2.75) is 45.1 Å². The third-order valence-electron chi connectivity index (χ3n) is 3.88. The first-order valence-corrected chi connectivity index (χ1v) is 7.55. The van der Waals surface area contributed by atoms with Gasteiger partial charge in [0.05, 0.1) is 5.56 Å². The molecule has 0 spiro atoms. The number of amides is 1. The number of carboxylic acid groups (broad SMARTS) is 1. The molecule has 0 bridgehead atoms. The largest absolute Gasteiger partial charge is 0.479 e. The lowest BCUT2D eigenvalue weighted by molar-refractivity contribution is -0.148. The fraction of sp³-hybridized carbons (Fsp3) is 0.571. The molecule has 1 unspecified atom stereocenters. The van der Waals surface area contributed by atoms with Gasteiger partial charge in [-0.3, -0.25) is 4.79 Å². The Kier molecular flexibility index (Phi) is 3.94. The van der Waals surface area contributed by atoms with Crippen LogP contribution in [0.5, 0.6) is 0 Å². The van der Waals surface area contributed by atoms with E-state index in [2.05, 4.69) is 0 Å². The Morgan fingerprint density at radius 3 is 2.74 bits per heavy atom. The van der Waals surface area contributed by atoms with E-state index < -0.39 is 11.5 Å². The molecule has 5 heteroatoms. The van der Waals surface area contributed by atoms with Gasteiger partial charge in [-0.2, -0.15) is 11.3 Å². The molecule has 2 rings (SSSR count). The Hall–Kier alpha value is -1.36. The molecule has 1 aromatic heterocycles. The van der Waals surface area contributed by atoms with Gasteiger partial charge in [-0.1, -0.05) is 13.3 Å². The summed E-state index contributed by atoms with van der Waals surface area (Å²) >= 11 is 1.48. The van der Waals surface area contributed by atoms with E-state index >= 15 is 0 Å². The average molecular weight is 281 g/mol. The highest BCUT2D eigenvalue weighted by atomic mass is 32.1. The third-order valence-corrected chi connectivity index (χ3v) is 4.74. The van der Waals surface area contributed by atoms with Gasteiger partial charge in [-0.15, -0.1) is 0 Å². The normalized spacial score (nSPS) is 22.7. The van der Waals surface area contributed by atoms with Crippen molar-refractivity contribution in [3.8, 4) is 0 Å². The molecule has 1 amide bonds. The standard InChI is InChI=1S/C14H19NO3S/c1-3-5-14(13(17)18)6-4-7-15(14)12(16)11-9-19-8-10(11)2/h8-9H,3-7H2,1-2H3,(H,17,18). The van der Waals surface area contributed by atoms with Gasteiger partial charge in [-0.25, -0.2) is 4.79 Å². The number of hydrogen-bond donors (Lipinski definition) is 1. The molecule has 0 radical (unpaired) electrons. The molecule has 0 aliphatic carbocycles. The summed E-state index contributed by atoms with van der Waals surface area (Å²) in [5.74, 6) is -1.000. The summed E-state index contributed by atoms with van der Waals surface area (Å²) in [4.78, 5) is 25.9. The molecule has 1 N–H and O–H groups in total. The van der Waals surface area contributed by atoms with Crippen LogP contribution in [0, 0.1) is 6.92 Å². The maximum absolute atomic E-state index is 12.6. The Bertz CT molecular complexity index is 497. The SMILES string of the molecule is CCCC1(C(=O)O)CCCN1C(=O)c1cscc1C. The van der Waals surface area contributed by atoms with Gasteiger partial charge < -0.3 is 10.0 Å². The quantitative estimate of drug-likeness (QED) is 0.923. The summed E-state index contributed by atoms with van der Waals surface area (Å²) < 4.78 is 0. The van der Waals surface area contributed by atoms with E-state index in [0.29, 0.717) is 24.9 Å². The highest BCUT2D eigenvalue weighted by molar-refractivity contribution is 7.08. The second-order valence-electron chi connectivity index (χ2n) is 5.12. The smallest absolute Gasteiger partial charge is 0.329 e. The van der Waals surface area contributed by atoms with Crippen molar-refractivity contribution < 1.29 is 14.7 Å². The molecule has 1 aliphatic heterocycles. The van der Waals surface area contributed by atoms with Gasteiger partial charge in [-0.05, 0) is 37.1 Å². The molecular weight excluding hydrogens is 262 g/mol. The maximum Gasteiger partial charge on any atom is 0.329 e. The van der Waals surface area contributed by atoms with Crippen LogP contribution < -0.4 is 0 Å². The average Bonchev–Trinajstić information content (AvgIpc) is 2.96. The minimum absolute atomic E-state index is 0.132. The molecule has 19 heavy (non-hydrogen) atoms. The van der Waals surface area contributed by atoms with Gasteiger partial charge in [0, 0.05) is 11.9 Å². The van der Waals surface area contributed by atoms with Crippen molar-refractivity contribution in [2.24, 2.45) is 0 Å². The number of hydrogen-bond acceptors (Lipinski definition) is 3. The van der Waals surface area contributed by atoms with Crippen LogP contribution in [0.15, 0.2) is 10.8 Å². The lowest BCUT2D eigenvalue weighted by atomic mass is 9.90. The predicted octanol–water partition coefficient (Wildman–Crippen LogP) is 2.92. The molecule has 4 nitrogen and oxygen atoms in total. The van der Waals surface area contributed by atoms with Gasteiger partial charge in [0.25, 0.3) is 5.91 Å². The molecule has 1 fully saturated rings. The molecule has 1 saturated heterocycles. The second kappa shape index (κ2) is 5.33. The minimum Gasteiger partial charge on any atom is -0.479 e. The number of aliphatic carboxylic acids is 1. The summed E-state index contributed by atoms with van der Waals surface area (Å²) in [6.45, 7) is 4.39. The Morgan fingerprint density at radius 1 is 1.47 bits per heavy atom. The number of aryl methyl sites for hydroxylation is 1. The van der Waals surface area contributed by atoms with Gasteiger partial charge in [0.15, 0.2) is 0 Å². The van der Waals surface area contributed by atoms with E-state index in [4.69, 9.17) is 0 Å². The molecule has 1 aliphatic rings. The number of carbonyl (C=O) groups is 2. The number of rotatable bonds is 4. The summed E-state index contributed by atoms with van der Waals surface area (Å²) in [7, 11) is 0. The van der Waals surface area contributed by atoms with Crippen molar-refractivity contribution in [1.29, 1.82) is 0 Å². The van der Waals surface area contributed by atoms with Crippen molar-refractivity contribution >= 4 is 23.2 Å². The number of carboxylic acids is 1. The van der Waals surface area contributed by atoms with Crippen LogP contribution in [0.4, 0.5) is 0 Å². The second-order valence-corrected chi connectivity index (χ2v) is 5.86. The van der Waals surface area contributed by atoms with Crippen molar-refractivity contribution in [3.05, 3.63) is 21.9 Å². The molecular formula is C14H19NO3S. The topological polar surface area (TPSA) is 57.6 Å². The van der Waals surface area contributed by atoms with Gasteiger partial charge in [0.2, 0.25) is 0 Å². The van der Waals surface area contributed by atoms with Gasteiger partial charge in [0.1, 0.15) is 5.54 Å². The predicted molar refractivity (Wildman–Crippen MR) is 74.6 cm³/mol. The van der Waals surface area contributed by atoms with Crippen LogP contribution >= 0.6 is 11.3 Å². The van der Waals surface area contributed by atoms with E-state index in [1.807, 2.05) is 24.6 Å². The van der Waals surface area contributed by atoms with E-state index in [0.717, 1.165) is 18.4 Å². The summed E-state index contributed by atoms with van der Waals surface area (Å²) in [5, 5.41) is 13.3. The van der Waals surface area contributed by atoms with E-state index in [1.54, 1.807) is 4.90 Å². The van der Waals surface area contributed by atoms with E-state index in [1.165, 1.54) is 11.3 Å². The van der Waals surface area contributed by atoms with Crippen molar-refractivity contribution in [1.82, 2.24) is 4.90 Å². The van der Waals surface area contributed by atoms with Crippen LogP contribution in [-0.4, -0.2) is 34.0 Å². The zero-order valence-electron chi connectivity index (χ0n) is 11.3. The first-order valence-electron chi connectivity index (χ1n) is 6.61. The number of likely N-dealkylation sites (tertiary alicyclic amines) is 1. The summed E-state index contributed by atoms with van der Waals surface area (Å²) in [6.07, 6.45) is 2.61. The Balaban J connectivity index is 2.35. The Labute approximate surface area is 117 Å². The molecule has 0 saturated carbocycles.